The maximum Gasteiger partial charge on any atom is 0.240 e. The lowest BCUT2D eigenvalue weighted by Crippen LogP contribution is -2.40. The Morgan fingerprint density at radius 3 is 2.41 bits per heavy atom. The number of fused-ring (bicyclic) bond motifs is 1. The number of benzene rings is 3. The van der Waals surface area contributed by atoms with Crippen molar-refractivity contribution < 1.29 is 14.3 Å². The van der Waals surface area contributed by atoms with Gasteiger partial charge >= 0.3 is 0 Å². The van der Waals surface area contributed by atoms with Crippen LogP contribution in [0.15, 0.2) is 72.8 Å². The lowest BCUT2D eigenvalue weighted by Gasteiger charge is -2.32. The molecule has 0 saturated carbocycles. The third-order valence-electron chi connectivity index (χ3n) is 7.18. The number of hydrogen-bond acceptors (Lipinski definition) is 6. The van der Waals surface area contributed by atoms with Gasteiger partial charge in [0.25, 0.3) is 0 Å². The molecule has 1 amide bonds. The number of nitrogens with two attached hydrogens (primary N) is 1. The van der Waals surface area contributed by atoms with Gasteiger partial charge in [-0.25, -0.2) is 4.98 Å². The van der Waals surface area contributed by atoms with E-state index in [-0.39, 0.29) is 31.0 Å². The molecule has 5 rings (SSSR count). The van der Waals surface area contributed by atoms with Crippen molar-refractivity contribution in [1.82, 2.24) is 19.8 Å². The molecule has 0 radical (unpaired) electrons. The van der Waals surface area contributed by atoms with Gasteiger partial charge in [-0.1, -0.05) is 30.3 Å². The number of nitrogens with zero attached hydrogens (tertiary/aromatic N) is 3. The second-order valence-electron chi connectivity index (χ2n) is 10.1. The number of nitrogens with one attached hydrogen (secondary N) is 3. The van der Waals surface area contributed by atoms with Gasteiger partial charge in [0.15, 0.2) is 0 Å². The van der Waals surface area contributed by atoms with E-state index in [9.17, 15) is 4.79 Å². The minimum Gasteiger partial charge on any atom is -0.490 e. The highest BCUT2D eigenvalue weighted by Gasteiger charge is 2.21. The van der Waals surface area contributed by atoms with Gasteiger partial charge in [-0.2, -0.15) is 0 Å². The third kappa shape index (κ3) is 7.02. The first kappa shape index (κ1) is 27.7. The molecule has 1 fully saturated rings. The zero-order valence-corrected chi connectivity index (χ0v) is 23.1. The van der Waals surface area contributed by atoms with Gasteiger partial charge in [0.1, 0.15) is 42.4 Å². The Morgan fingerprint density at radius 1 is 1.02 bits per heavy atom. The van der Waals surface area contributed by atoms with Gasteiger partial charge in [-0.3, -0.25) is 15.6 Å². The first-order valence-electron chi connectivity index (χ1n) is 13.7. The first-order chi connectivity index (χ1) is 19.9. The van der Waals surface area contributed by atoms with E-state index in [0.717, 1.165) is 42.8 Å². The summed E-state index contributed by atoms with van der Waals surface area (Å²) in [6.45, 7) is 4.14. The SMILES string of the molecule is CC(=N)N1CCC(Oc2ccc(OCc3nc4cc(C(=N)N)ccc4n3CC(=O)NCc3ccccc3)cc2)CC1. The van der Waals surface area contributed by atoms with Crippen LogP contribution in [0.25, 0.3) is 11.0 Å². The van der Waals surface area contributed by atoms with Crippen molar-refractivity contribution in [3.8, 4) is 11.5 Å². The summed E-state index contributed by atoms with van der Waals surface area (Å²) in [5.41, 5.74) is 8.67. The third-order valence-corrected chi connectivity index (χ3v) is 7.18. The molecule has 0 aliphatic carbocycles. The second kappa shape index (κ2) is 12.5. The van der Waals surface area contributed by atoms with Crippen LogP contribution in [0.4, 0.5) is 0 Å². The number of nitrogen functional groups attached to an aromatic ring is 1. The lowest BCUT2D eigenvalue weighted by molar-refractivity contribution is -0.121. The Morgan fingerprint density at radius 2 is 1.73 bits per heavy atom. The number of aromatic nitrogens is 2. The summed E-state index contributed by atoms with van der Waals surface area (Å²) in [7, 11) is 0. The van der Waals surface area contributed by atoms with Crippen LogP contribution in [0.5, 0.6) is 11.5 Å². The van der Waals surface area contributed by atoms with Gasteiger partial charge in [0.2, 0.25) is 5.91 Å². The molecule has 0 unspecified atom stereocenters. The second-order valence-corrected chi connectivity index (χ2v) is 10.1. The molecular formula is C31H35N7O3. The van der Waals surface area contributed by atoms with E-state index in [0.29, 0.717) is 35.0 Å². The maximum absolute atomic E-state index is 12.9. The Balaban J connectivity index is 1.25. The summed E-state index contributed by atoms with van der Waals surface area (Å²) in [6.07, 6.45) is 1.90. The standard InChI is InChI=1S/C31H35N7O3/c1-21(32)37-15-13-26(14-16-37)41-25-10-8-24(9-11-25)40-20-29-36-27-17-23(31(33)34)7-12-28(27)38(29)19-30(39)35-18-22-5-3-2-4-6-22/h2-12,17,26,32H,13-16,18-20H2,1H3,(H3,33,34)(H,35,39). The molecule has 10 nitrogen and oxygen atoms in total. The molecule has 0 atom stereocenters. The molecule has 4 aromatic rings. The summed E-state index contributed by atoms with van der Waals surface area (Å²) in [4.78, 5) is 19.7. The Labute approximate surface area is 239 Å². The Hall–Kier alpha value is -4.86. The van der Waals surface area contributed by atoms with Crippen molar-refractivity contribution in [2.24, 2.45) is 5.73 Å². The van der Waals surface area contributed by atoms with Gasteiger partial charge in [0.05, 0.1) is 16.9 Å². The highest BCUT2D eigenvalue weighted by Crippen LogP contribution is 2.24. The number of carbonyl (C=O) groups excluding carboxylic acids is 1. The number of imidazole rings is 1. The van der Waals surface area contributed by atoms with Crippen LogP contribution in [-0.4, -0.2) is 51.2 Å². The van der Waals surface area contributed by atoms with E-state index in [1.165, 1.54) is 0 Å². The molecule has 41 heavy (non-hydrogen) atoms. The number of amides is 1. The number of carbonyl (C=O) groups is 1. The quantitative estimate of drug-likeness (QED) is 0.172. The molecule has 1 aromatic heterocycles. The van der Waals surface area contributed by atoms with Gasteiger partial charge in [-0.05, 0) is 55.0 Å². The molecule has 10 heteroatoms. The van der Waals surface area contributed by atoms with E-state index in [4.69, 9.17) is 31.0 Å². The van der Waals surface area contributed by atoms with Crippen molar-refractivity contribution in [2.75, 3.05) is 13.1 Å². The van der Waals surface area contributed by atoms with E-state index in [2.05, 4.69) is 10.2 Å². The van der Waals surface area contributed by atoms with E-state index in [1.807, 2.05) is 72.2 Å². The number of rotatable bonds is 10. The average Bonchev–Trinajstić information content (AvgIpc) is 3.32. The molecule has 0 bridgehead atoms. The van der Waals surface area contributed by atoms with E-state index >= 15 is 0 Å². The lowest BCUT2D eigenvalue weighted by atomic mass is 10.1. The first-order valence-corrected chi connectivity index (χ1v) is 13.7. The van der Waals surface area contributed by atoms with Crippen LogP contribution in [0.2, 0.25) is 0 Å². The molecule has 0 spiro atoms. The van der Waals surface area contributed by atoms with Crippen molar-refractivity contribution >= 4 is 28.6 Å². The fraction of sp³-hybridized carbons (Fsp3) is 0.290. The Bertz CT molecular complexity index is 1520. The number of piperidine rings is 1. The van der Waals surface area contributed by atoms with Crippen LogP contribution in [0.3, 0.4) is 0 Å². The zero-order chi connectivity index (χ0) is 28.8. The highest BCUT2D eigenvalue weighted by atomic mass is 16.5. The van der Waals surface area contributed by atoms with Crippen molar-refractivity contribution in [1.29, 1.82) is 10.8 Å². The predicted octanol–water partition coefficient (Wildman–Crippen LogP) is 4.06. The summed E-state index contributed by atoms with van der Waals surface area (Å²) < 4.78 is 14.0. The van der Waals surface area contributed by atoms with Crippen LogP contribution in [0, 0.1) is 10.8 Å². The smallest absolute Gasteiger partial charge is 0.240 e. The number of ether oxygens (including phenoxy) is 2. The summed E-state index contributed by atoms with van der Waals surface area (Å²) in [6, 6.07) is 22.6. The minimum atomic E-state index is -0.145. The molecule has 1 aliphatic heterocycles. The number of amidine groups is 2. The van der Waals surface area contributed by atoms with Crippen LogP contribution < -0.4 is 20.5 Å². The van der Waals surface area contributed by atoms with Crippen molar-refractivity contribution in [2.45, 2.75) is 45.6 Å². The van der Waals surface area contributed by atoms with Gasteiger partial charge in [-0.15, -0.1) is 0 Å². The summed E-state index contributed by atoms with van der Waals surface area (Å²) >= 11 is 0. The van der Waals surface area contributed by atoms with E-state index in [1.54, 1.807) is 12.1 Å². The van der Waals surface area contributed by atoms with Crippen LogP contribution in [-0.2, 0) is 24.5 Å². The van der Waals surface area contributed by atoms with Gasteiger partial charge < -0.3 is 30.0 Å². The predicted molar refractivity (Wildman–Crippen MR) is 158 cm³/mol. The van der Waals surface area contributed by atoms with Crippen LogP contribution in [0.1, 0.15) is 36.7 Å². The minimum absolute atomic E-state index is 0.0439. The maximum atomic E-state index is 12.9. The summed E-state index contributed by atoms with van der Waals surface area (Å²) in [5.74, 6) is 2.44. The molecule has 5 N–H and O–H groups in total. The largest absolute Gasteiger partial charge is 0.490 e. The topological polar surface area (TPSA) is 142 Å². The highest BCUT2D eigenvalue weighted by molar-refractivity contribution is 5.98. The molecule has 212 valence electrons. The monoisotopic (exact) mass is 553 g/mol. The number of likely N-dealkylation sites (tertiary alicyclic amines) is 1. The van der Waals surface area contributed by atoms with Crippen LogP contribution >= 0.6 is 0 Å². The zero-order valence-electron chi connectivity index (χ0n) is 23.1. The summed E-state index contributed by atoms with van der Waals surface area (Å²) in [5, 5.41) is 18.5. The Kier molecular flexibility index (Phi) is 8.47. The molecule has 2 heterocycles. The van der Waals surface area contributed by atoms with Gasteiger partial charge in [0, 0.05) is 38.0 Å². The molecular weight excluding hydrogens is 518 g/mol. The van der Waals surface area contributed by atoms with Crippen molar-refractivity contribution in [3.05, 3.63) is 89.7 Å². The van der Waals surface area contributed by atoms with E-state index < -0.39 is 0 Å². The van der Waals surface area contributed by atoms with Crippen molar-refractivity contribution in [3.63, 3.8) is 0 Å². The fourth-order valence-electron chi connectivity index (χ4n) is 4.89. The normalized spacial score (nSPS) is 13.6. The fourth-order valence-corrected chi connectivity index (χ4v) is 4.89. The molecule has 1 aliphatic rings. The average molecular weight is 554 g/mol. The number of hydrogen-bond donors (Lipinski definition) is 4. The molecule has 1 saturated heterocycles. The molecule has 3 aromatic carbocycles.